The summed E-state index contributed by atoms with van der Waals surface area (Å²) in [5.74, 6) is -0.484. The van der Waals surface area contributed by atoms with E-state index in [0.717, 1.165) is 10.9 Å². The molecule has 0 bridgehead atoms. The Morgan fingerprint density at radius 1 is 1.50 bits per heavy atom. The van der Waals surface area contributed by atoms with Crippen molar-refractivity contribution in [2.45, 2.75) is 69.2 Å². The first kappa shape index (κ1) is 25.7. The van der Waals surface area contributed by atoms with Gasteiger partial charge >= 0.3 is 5.97 Å². The molecule has 0 aromatic carbocycles. The molecule has 164 valence electrons. The Balaban J connectivity index is 1.88. The first-order valence-electron chi connectivity index (χ1n) is 10.3. The lowest BCUT2D eigenvalue weighted by Gasteiger charge is -2.21. The number of aryl methyl sites for hydroxylation is 2. The summed E-state index contributed by atoms with van der Waals surface area (Å²) in [4.78, 5) is 13.1. The van der Waals surface area contributed by atoms with E-state index in [1.54, 1.807) is 23.1 Å². The number of carboxylic acid groups (broad SMARTS) is 1. The van der Waals surface area contributed by atoms with E-state index in [1.165, 1.54) is 9.75 Å². The van der Waals surface area contributed by atoms with E-state index < -0.39 is 18.2 Å². The highest BCUT2D eigenvalue weighted by atomic mass is 79.9. The SMILES string of the molecule is [B]C[C@@H]1CC(O)[C@H](S/C=C\CCCC(=O)O)[C@H]1/C=C/[C@@H](O)CCc1cc(Br)c(C)s1. The van der Waals surface area contributed by atoms with E-state index in [9.17, 15) is 15.0 Å². The summed E-state index contributed by atoms with van der Waals surface area (Å²) in [6.07, 6.45) is 9.02. The van der Waals surface area contributed by atoms with Crippen molar-refractivity contribution in [3.63, 3.8) is 0 Å². The third-order valence-corrected chi connectivity index (χ3v) is 8.88. The molecule has 2 rings (SSSR count). The molecule has 1 fully saturated rings. The molecular formula is C22H30BBrO4S2. The van der Waals surface area contributed by atoms with Gasteiger partial charge in [0, 0.05) is 25.9 Å². The van der Waals surface area contributed by atoms with Gasteiger partial charge < -0.3 is 15.3 Å². The average molecular weight is 513 g/mol. The molecule has 1 aliphatic carbocycles. The molecule has 8 heteroatoms. The molecule has 30 heavy (non-hydrogen) atoms. The van der Waals surface area contributed by atoms with E-state index in [2.05, 4.69) is 28.9 Å². The minimum atomic E-state index is -0.779. The van der Waals surface area contributed by atoms with Gasteiger partial charge in [-0.15, -0.1) is 23.1 Å². The lowest BCUT2D eigenvalue weighted by atomic mass is 9.83. The summed E-state index contributed by atoms with van der Waals surface area (Å²) in [7, 11) is 5.94. The van der Waals surface area contributed by atoms with Crippen LogP contribution in [0.3, 0.4) is 0 Å². The molecule has 1 heterocycles. The topological polar surface area (TPSA) is 77.8 Å². The number of halogens is 1. The maximum Gasteiger partial charge on any atom is 0.303 e. The number of carboxylic acids is 1. The third kappa shape index (κ3) is 8.19. The second kappa shape index (κ2) is 13.1. The van der Waals surface area contributed by atoms with Gasteiger partial charge in [-0.25, -0.2) is 0 Å². The monoisotopic (exact) mass is 512 g/mol. The Morgan fingerprint density at radius 3 is 2.90 bits per heavy atom. The number of aliphatic carboxylic acids is 1. The second-order valence-corrected chi connectivity index (χ2v) is 11.0. The molecule has 1 aromatic rings. The molecule has 5 atom stereocenters. The number of thioether (sulfide) groups is 1. The number of hydrogen-bond donors (Lipinski definition) is 3. The molecular weight excluding hydrogens is 483 g/mol. The zero-order valence-corrected chi connectivity index (χ0v) is 20.5. The quantitative estimate of drug-likeness (QED) is 0.206. The molecule has 4 nitrogen and oxygen atoms in total. The van der Waals surface area contributed by atoms with Crippen LogP contribution in [-0.4, -0.2) is 46.6 Å². The van der Waals surface area contributed by atoms with Crippen LogP contribution in [0.4, 0.5) is 0 Å². The number of carbonyl (C=O) groups is 1. The normalized spacial score (nSPS) is 25.5. The second-order valence-electron chi connectivity index (χ2n) is 7.74. The minimum absolute atomic E-state index is 0.00590. The molecule has 1 aliphatic rings. The maximum atomic E-state index is 10.6. The molecule has 1 unspecified atom stereocenters. The summed E-state index contributed by atoms with van der Waals surface area (Å²) >= 11 is 6.85. The number of thiophene rings is 1. The average Bonchev–Trinajstić information content (AvgIpc) is 3.19. The number of allylic oxidation sites excluding steroid dienone is 2. The third-order valence-electron chi connectivity index (χ3n) is 5.39. The maximum absolute atomic E-state index is 10.6. The van der Waals surface area contributed by atoms with Gasteiger partial charge in [-0.05, 0) is 78.3 Å². The van der Waals surface area contributed by atoms with E-state index in [1.807, 2.05) is 23.6 Å². The van der Waals surface area contributed by atoms with Crippen molar-refractivity contribution in [1.82, 2.24) is 0 Å². The van der Waals surface area contributed by atoms with Crippen molar-refractivity contribution >= 4 is 52.8 Å². The summed E-state index contributed by atoms with van der Waals surface area (Å²) in [5, 5.41) is 31.6. The number of unbranched alkanes of at least 4 members (excludes halogenated alkanes) is 1. The van der Waals surface area contributed by atoms with Crippen LogP contribution in [0.2, 0.25) is 6.32 Å². The molecule has 1 aromatic heterocycles. The van der Waals surface area contributed by atoms with Crippen LogP contribution < -0.4 is 0 Å². The van der Waals surface area contributed by atoms with Crippen molar-refractivity contribution < 1.29 is 20.1 Å². The fourth-order valence-electron chi connectivity index (χ4n) is 3.70. The lowest BCUT2D eigenvalue weighted by Crippen LogP contribution is -2.21. The Hall–Kier alpha value is -0.535. The van der Waals surface area contributed by atoms with Crippen LogP contribution in [0.1, 0.15) is 41.9 Å². The number of aliphatic hydroxyl groups excluding tert-OH is 2. The van der Waals surface area contributed by atoms with E-state index in [0.29, 0.717) is 32.0 Å². The van der Waals surface area contributed by atoms with Gasteiger partial charge in [-0.3, -0.25) is 4.79 Å². The highest BCUT2D eigenvalue weighted by molar-refractivity contribution is 9.10. The zero-order valence-electron chi connectivity index (χ0n) is 17.2. The molecule has 2 radical (unpaired) electrons. The number of rotatable bonds is 12. The number of hydrogen-bond acceptors (Lipinski definition) is 5. The van der Waals surface area contributed by atoms with Crippen LogP contribution >= 0.6 is 39.0 Å². The van der Waals surface area contributed by atoms with Gasteiger partial charge in [0.05, 0.1) is 20.1 Å². The molecule has 1 saturated carbocycles. The zero-order chi connectivity index (χ0) is 22.1. The minimum Gasteiger partial charge on any atom is -0.481 e. The highest BCUT2D eigenvalue weighted by Gasteiger charge is 2.39. The fraction of sp³-hybridized carbons (Fsp3) is 0.591. The van der Waals surface area contributed by atoms with Crippen LogP contribution in [0.25, 0.3) is 0 Å². The summed E-state index contributed by atoms with van der Waals surface area (Å²) in [6.45, 7) is 2.07. The van der Waals surface area contributed by atoms with E-state index >= 15 is 0 Å². The van der Waals surface area contributed by atoms with Crippen LogP contribution in [0, 0.1) is 18.8 Å². The first-order chi connectivity index (χ1) is 14.3. The van der Waals surface area contributed by atoms with Crippen molar-refractivity contribution in [3.8, 4) is 0 Å². The highest BCUT2D eigenvalue weighted by Crippen LogP contribution is 2.42. The van der Waals surface area contributed by atoms with Crippen LogP contribution in [0.15, 0.2) is 34.2 Å². The predicted octanol–water partition coefficient (Wildman–Crippen LogP) is 5.12. The Bertz CT molecular complexity index is 717. The lowest BCUT2D eigenvalue weighted by molar-refractivity contribution is -0.137. The fourth-order valence-corrected chi connectivity index (χ4v) is 6.53. The predicted molar refractivity (Wildman–Crippen MR) is 130 cm³/mol. The van der Waals surface area contributed by atoms with Crippen molar-refractivity contribution in [2.24, 2.45) is 11.8 Å². The Labute approximate surface area is 197 Å². The van der Waals surface area contributed by atoms with E-state index in [-0.39, 0.29) is 23.5 Å². The first-order valence-corrected chi connectivity index (χ1v) is 12.9. The smallest absolute Gasteiger partial charge is 0.303 e. The van der Waals surface area contributed by atoms with Gasteiger partial charge in [0.25, 0.3) is 0 Å². The molecule has 0 spiro atoms. The van der Waals surface area contributed by atoms with Crippen molar-refractivity contribution in [3.05, 3.63) is 43.9 Å². The van der Waals surface area contributed by atoms with Crippen molar-refractivity contribution in [2.75, 3.05) is 0 Å². The van der Waals surface area contributed by atoms with Gasteiger partial charge in [-0.2, -0.15) is 0 Å². The van der Waals surface area contributed by atoms with Gasteiger partial charge in [0.2, 0.25) is 0 Å². The van der Waals surface area contributed by atoms with Gasteiger partial charge in [-0.1, -0.05) is 24.5 Å². The Morgan fingerprint density at radius 2 is 2.27 bits per heavy atom. The summed E-state index contributed by atoms with van der Waals surface area (Å²) < 4.78 is 1.12. The van der Waals surface area contributed by atoms with Crippen LogP contribution in [-0.2, 0) is 11.2 Å². The molecule has 3 N–H and O–H groups in total. The van der Waals surface area contributed by atoms with Crippen LogP contribution in [0.5, 0.6) is 0 Å². The standard InChI is InChI=1S/C22H30BBrO4S2/c1-14-19(24)12-17(30-14)8-6-16(25)7-9-18-15(13-23)11-20(26)22(18)29-10-4-2-3-5-21(27)28/h4,7,9-10,12,15-16,18,20,22,25-26H,2-3,5-6,8,11,13H2,1H3,(H,27,28)/b9-7+,10-4-/t15-,16-,18-,20?,22+/m0/s1. The van der Waals surface area contributed by atoms with Gasteiger partial charge in [0.1, 0.15) is 0 Å². The number of aliphatic hydroxyl groups is 2. The Kier molecular flexibility index (Phi) is 11.2. The largest absolute Gasteiger partial charge is 0.481 e. The van der Waals surface area contributed by atoms with E-state index in [4.69, 9.17) is 13.0 Å². The molecule has 0 saturated heterocycles. The molecule has 0 aliphatic heterocycles. The van der Waals surface area contributed by atoms with Gasteiger partial charge in [0.15, 0.2) is 0 Å². The summed E-state index contributed by atoms with van der Waals surface area (Å²) in [5.41, 5.74) is 0. The van der Waals surface area contributed by atoms with Crippen molar-refractivity contribution in [1.29, 1.82) is 0 Å². The summed E-state index contributed by atoms with van der Waals surface area (Å²) in [6, 6.07) is 2.11. The molecule has 0 amide bonds.